The Morgan fingerprint density at radius 2 is 2.10 bits per heavy atom. The summed E-state index contributed by atoms with van der Waals surface area (Å²) in [6.45, 7) is 2.42. The van der Waals surface area contributed by atoms with Gasteiger partial charge < -0.3 is 10.6 Å². The lowest BCUT2D eigenvalue weighted by Gasteiger charge is -2.08. The molecule has 0 aromatic heterocycles. The van der Waals surface area contributed by atoms with E-state index in [4.69, 9.17) is 0 Å². The Morgan fingerprint density at radius 1 is 1.35 bits per heavy atom. The Hall–Kier alpha value is -1.36. The Balaban J connectivity index is 1.71. The van der Waals surface area contributed by atoms with Crippen molar-refractivity contribution in [2.45, 2.75) is 38.6 Å². The van der Waals surface area contributed by atoms with Gasteiger partial charge in [0.2, 0.25) is 5.91 Å². The van der Waals surface area contributed by atoms with Gasteiger partial charge in [-0.05, 0) is 43.9 Å². The zero-order valence-electron chi connectivity index (χ0n) is 11.5. The quantitative estimate of drug-likeness (QED) is 0.783. The molecule has 0 heterocycles. The maximum Gasteiger partial charge on any atom is 0.251 e. The lowest BCUT2D eigenvalue weighted by molar-refractivity contribution is -0.121. The Bertz CT molecular complexity index is 513. The number of amides is 2. The minimum absolute atomic E-state index is 0.0837. The number of nitrogens with one attached hydrogen (secondary N) is 2. The number of carbonyl (C=O) groups excluding carboxylic acids is 2. The van der Waals surface area contributed by atoms with E-state index >= 15 is 0 Å². The topological polar surface area (TPSA) is 58.2 Å². The molecule has 2 N–H and O–H groups in total. The minimum atomic E-state index is -0.0913. The van der Waals surface area contributed by atoms with Gasteiger partial charge in [0.1, 0.15) is 0 Å². The fourth-order valence-corrected chi connectivity index (χ4v) is 2.27. The molecule has 20 heavy (non-hydrogen) atoms. The molecule has 1 aliphatic carbocycles. The molecule has 0 spiro atoms. The number of benzene rings is 1. The molecular formula is C15H19BrN2O2. The highest BCUT2D eigenvalue weighted by Crippen LogP contribution is 2.18. The van der Waals surface area contributed by atoms with E-state index in [1.165, 1.54) is 0 Å². The van der Waals surface area contributed by atoms with E-state index in [1.54, 1.807) is 0 Å². The maximum atomic E-state index is 12.0. The summed E-state index contributed by atoms with van der Waals surface area (Å²) >= 11 is 3.36. The van der Waals surface area contributed by atoms with Crippen LogP contribution in [-0.2, 0) is 4.79 Å². The van der Waals surface area contributed by atoms with Crippen molar-refractivity contribution in [1.29, 1.82) is 0 Å². The van der Waals surface area contributed by atoms with E-state index < -0.39 is 0 Å². The molecule has 4 nitrogen and oxygen atoms in total. The molecule has 1 aliphatic rings. The summed E-state index contributed by atoms with van der Waals surface area (Å²) in [6.07, 6.45) is 3.33. The van der Waals surface area contributed by atoms with Crippen molar-refractivity contribution >= 4 is 27.7 Å². The molecule has 1 fully saturated rings. The van der Waals surface area contributed by atoms with Gasteiger partial charge in [-0.25, -0.2) is 0 Å². The molecule has 0 aliphatic heterocycles. The third-order valence-corrected chi connectivity index (χ3v) is 3.75. The molecule has 2 amide bonds. The second kappa shape index (κ2) is 6.88. The van der Waals surface area contributed by atoms with Crippen molar-refractivity contribution in [2.24, 2.45) is 0 Å². The summed E-state index contributed by atoms with van der Waals surface area (Å²) in [5, 5.41) is 5.78. The van der Waals surface area contributed by atoms with E-state index in [1.807, 2.05) is 25.1 Å². The van der Waals surface area contributed by atoms with Gasteiger partial charge >= 0.3 is 0 Å². The normalized spacial score (nSPS) is 13.9. The lowest BCUT2D eigenvalue weighted by atomic mass is 10.1. The van der Waals surface area contributed by atoms with Gasteiger partial charge in [-0.1, -0.05) is 22.0 Å². The van der Waals surface area contributed by atoms with E-state index in [-0.39, 0.29) is 11.8 Å². The van der Waals surface area contributed by atoms with Crippen molar-refractivity contribution in [3.63, 3.8) is 0 Å². The molecule has 5 heteroatoms. The van der Waals surface area contributed by atoms with Crippen molar-refractivity contribution in [1.82, 2.24) is 10.6 Å². The molecule has 1 aromatic rings. The first-order valence-electron chi connectivity index (χ1n) is 6.90. The molecular weight excluding hydrogens is 320 g/mol. The van der Waals surface area contributed by atoms with Crippen molar-refractivity contribution in [3.8, 4) is 0 Å². The lowest BCUT2D eigenvalue weighted by Crippen LogP contribution is -2.28. The van der Waals surface area contributed by atoms with Crippen LogP contribution < -0.4 is 10.6 Å². The molecule has 1 aromatic carbocycles. The molecule has 1 saturated carbocycles. The summed E-state index contributed by atoms with van der Waals surface area (Å²) in [4.78, 5) is 23.5. The van der Waals surface area contributed by atoms with Crippen LogP contribution in [0.15, 0.2) is 22.7 Å². The Labute approximate surface area is 127 Å². The van der Waals surface area contributed by atoms with Crippen LogP contribution in [0.3, 0.4) is 0 Å². The van der Waals surface area contributed by atoms with E-state index in [2.05, 4.69) is 26.6 Å². The molecule has 0 radical (unpaired) electrons. The first-order chi connectivity index (χ1) is 9.56. The maximum absolute atomic E-state index is 12.0. The summed E-state index contributed by atoms with van der Waals surface area (Å²) in [7, 11) is 0. The second-order valence-corrected chi connectivity index (χ2v) is 6.08. The van der Waals surface area contributed by atoms with Crippen molar-refractivity contribution < 1.29 is 9.59 Å². The van der Waals surface area contributed by atoms with E-state index in [0.29, 0.717) is 31.0 Å². The van der Waals surface area contributed by atoms with E-state index in [0.717, 1.165) is 22.9 Å². The Kier molecular flexibility index (Phi) is 5.17. The van der Waals surface area contributed by atoms with Crippen molar-refractivity contribution in [2.75, 3.05) is 6.54 Å². The van der Waals surface area contributed by atoms with Gasteiger partial charge in [0.15, 0.2) is 0 Å². The third-order valence-electron chi connectivity index (χ3n) is 3.25. The zero-order valence-corrected chi connectivity index (χ0v) is 13.1. The molecule has 0 bridgehead atoms. The standard InChI is InChI=1S/C15H19BrN2O2/c1-10-4-5-11(16)9-13(10)15(20)17-8-2-3-14(19)18-12-6-7-12/h4-5,9,12H,2-3,6-8H2,1H3,(H,17,20)(H,18,19). The molecule has 0 saturated heterocycles. The first-order valence-corrected chi connectivity index (χ1v) is 7.69. The van der Waals surface area contributed by atoms with Crippen LogP contribution in [0.1, 0.15) is 41.6 Å². The highest BCUT2D eigenvalue weighted by atomic mass is 79.9. The monoisotopic (exact) mass is 338 g/mol. The van der Waals surface area contributed by atoms with Gasteiger partial charge in [0.05, 0.1) is 0 Å². The summed E-state index contributed by atoms with van der Waals surface area (Å²) < 4.78 is 0.886. The number of hydrogen-bond acceptors (Lipinski definition) is 2. The molecule has 108 valence electrons. The van der Waals surface area contributed by atoms with Crippen LogP contribution in [0.5, 0.6) is 0 Å². The van der Waals surface area contributed by atoms with Crippen LogP contribution in [0.25, 0.3) is 0 Å². The predicted octanol–water partition coefficient (Wildman–Crippen LogP) is 2.55. The largest absolute Gasteiger partial charge is 0.353 e. The zero-order chi connectivity index (χ0) is 14.5. The van der Waals surface area contributed by atoms with Gasteiger partial charge in [0, 0.05) is 29.0 Å². The fourth-order valence-electron chi connectivity index (χ4n) is 1.91. The number of aryl methyl sites for hydroxylation is 1. The average molecular weight is 339 g/mol. The minimum Gasteiger partial charge on any atom is -0.353 e. The van der Waals surface area contributed by atoms with Crippen LogP contribution in [0.4, 0.5) is 0 Å². The van der Waals surface area contributed by atoms with Crippen LogP contribution in [0, 0.1) is 6.92 Å². The van der Waals surface area contributed by atoms with Gasteiger partial charge in [-0.15, -0.1) is 0 Å². The van der Waals surface area contributed by atoms with E-state index in [9.17, 15) is 9.59 Å². The fraction of sp³-hybridized carbons (Fsp3) is 0.467. The summed E-state index contributed by atoms with van der Waals surface area (Å²) in [6, 6.07) is 6.03. The average Bonchev–Trinajstić information content (AvgIpc) is 3.21. The number of rotatable bonds is 6. The molecule has 0 unspecified atom stereocenters. The van der Waals surface area contributed by atoms with Gasteiger partial charge in [0.25, 0.3) is 5.91 Å². The highest BCUT2D eigenvalue weighted by Gasteiger charge is 2.22. The number of carbonyl (C=O) groups is 2. The van der Waals surface area contributed by atoms with Crippen LogP contribution in [0.2, 0.25) is 0 Å². The second-order valence-electron chi connectivity index (χ2n) is 5.16. The van der Waals surface area contributed by atoms with Crippen LogP contribution in [-0.4, -0.2) is 24.4 Å². The summed E-state index contributed by atoms with van der Waals surface area (Å²) in [5.41, 5.74) is 1.61. The van der Waals surface area contributed by atoms with Crippen LogP contribution >= 0.6 is 15.9 Å². The number of hydrogen-bond donors (Lipinski definition) is 2. The van der Waals surface area contributed by atoms with Crippen molar-refractivity contribution in [3.05, 3.63) is 33.8 Å². The van der Waals surface area contributed by atoms with Gasteiger partial charge in [-0.2, -0.15) is 0 Å². The predicted molar refractivity (Wildman–Crippen MR) is 81.6 cm³/mol. The molecule has 0 atom stereocenters. The highest BCUT2D eigenvalue weighted by molar-refractivity contribution is 9.10. The smallest absolute Gasteiger partial charge is 0.251 e. The Morgan fingerprint density at radius 3 is 2.80 bits per heavy atom. The third kappa shape index (κ3) is 4.63. The van der Waals surface area contributed by atoms with Gasteiger partial charge in [-0.3, -0.25) is 9.59 Å². The number of halogens is 1. The molecule has 2 rings (SSSR count). The SMILES string of the molecule is Cc1ccc(Br)cc1C(=O)NCCCC(=O)NC1CC1. The first kappa shape index (κ1) is 15.0. The summed E-state index contributed by atoms with van der Waals surface area (Å²) in [5.74, 6) is -0.00761.